The van der Waals surface area contributed by atoms with Gasteiger partial charge < -0.3 is 14.6 Å². The Morgan fingerprint density at radius 1 is 1.19 bits per heavy atom. The van der Waals surface area contributed by atoms with Crippen LogP contribution in [0.1, 0.15) is 12.0 Å². The van der Waals surface area contributed by atoms with Gasteiger partial charge in [0.05, 0.1) is 7.11 Å². The normalized spacial score (nSPS) is 20.8. The summed E-state index contributed by atoms with van der Waals surface area (Å²) in [6.45, 7) is 2.17. The number of piperidine rings is 1. The smallest absolute Gasteiger partial charge is 0.163 e. The molecule has 0 amide bonds. The molecule has 0 radical (unpaired) electrons. The summed E-state index contributed by atoms with van der Waals surface area (Å²) in [5.74, 6) is 0.421. The van der Waals surface area contributed by atoms with Gasteiger partial charge in [-0.3, -0.25) is 4.90 Å². The molecule has 3 rings (SSSR count). The lowest BCUT2D eigenvalue weighted by atomic mass is 10.0. The Morgan fingerprint density at radius 2 is 1.96 bits per heavy atom. The van der Waals surface area contributed by atoms with Crippen LogP contribution < -0.4 is 9.47 Å². The molecule has 2 atom stereocenters. The quantitative estimate of drug-likeness (QED) is 0.780. The molecule has 1 heterocycles. The average Bonchev–Trinajstić information content (AvgIpc) is 2.65. The van der Waals surface area contributed by atoms with E-state index in [1.165, 1.54) is 29.7 Å². The largest absolute Gasteiger partial charge is 0.493 e. The number of aliphatic hydroxyl groups is 1. The van der Waals surface area contributed by atoms with E-state index in [1.807, 2.05) is 0 Å². The van der Waals surface area contributed by atoms with Crippen molar-refractivity contribution < 1.29 is 19.0 Å². The van der Waals surface area contributed by atoms with Gasteiger partial charge in [-0.1, -0.05) is 12.1 Å². The Hall–Kier alpha value is -1.76. The fraction of sp³-hybridized carbons (Fsp3) is 0.400. The van der Waals surface area contributed by atoms with Crippen molar-refractivity contribution in [2.45, 2.75) is 30.1 Å². The van der Waals surface area contributed by atoms with Crippen LogP contribution >= 0.6 is 11.8 Å². The topological polar surface area (TPSA) is 41.9 Å². The highest BCUT2D eigenvalue weighted by atomic mass is 32.2. The standard InChI is InChI=1S/C20H24FNO3S/c1-24-20-11-15(21)5-8-19(20)25-18-9-10-22(13-17(18)23)12-14-3-6-16(26-2)7-4-14/h3-8,11,17-18,23H,9-10,12-13H2,1-2H3/t17-,18-/m1/s1. The molecular formula is C20H24FNO3S. The van der Waals surface area contributed by atoms with Crippen LogP contribution in [-0.4, -0.2) is 48.7 Å². The van der Waals surface area contributed by atoms with E-state index in [1.54, 1.807) is 17.8 Å². The van der Waals surface area contributed by atoms with Gasteiger partial charge in [-0.15, -0.1) is 11.8 Å². The molecule has 0 spiro atoms. The number of benzene rings is 2. The van der Waals surface area contributed by atoms with Gasteiger partial charge in [0.1, 0.15) is 18.0 Å². The van der Waals surface area contributed by atoms with E-state index >= 15 is 0 Å². The van der Waals surface area contributed by atoms with Crippen molar-refractivity contribution in [2.24, 2.45) is 0 Å². The Balaban J connectivity index is 1.58. The molecule has 0 bridgehead atoms. The van der Waals surface area contributed by atoms with E-state index in [4.69, 9.17) is 9.47 Å². The molecule has 2 aromatic carbocycles. The van der Waals surface area contributed by atoms with Crippen molar-refractivity contribution in [1.82, 2.24) is 4.90 Å². The molecule has 0 aromatic heterocycles. The van der Waals surface area contributed by atoms with Crippen molar-refractivity contribution in [1.29, 1.82) is 0 Å². The summed E-state index contributed by atoms with van der Waals surface area (Å²) in [4.78, 5) is 3.47. The van der Waals surface area contributed by atoms with Crippen molar-refractivity contribution in [3.05, 3.63) is 53.8 Å². The second-order valence-corrected chi connectivity index (χ2v) is 7.27. The molecule has 0 unspecified atom stereocenters. The molecule has 140 valence electrons. The minimum atomic E-state index is -0.607. The Kier molecular flexibility index (Phi) is 6.40. The van der Waals surface area contributed by atoms with Crippen LogP contribution in [0.15, 0.2) is 47.4 Å². The molecule has 26 heavy (non-hydrogen) atoms. The fourth-order valence-electron chi connectivity index (χ4n) is 3.15. The van der Waals surface area contributed by atoms with Crippen LogP contribution in [0.4, 0.5) is 4.39 Å². The van der Waals surface area contributed by atoms with E-state index in [0.717, 1.165) is 13.1 Å². The number of thioether (sulfide) groups is 1. The monoisotopic (exact) mass is 377 g/mol. The first-order valence-electron chi connectivity index (χ1n) is 8.62. The average molecular weight is 377 g/mol. The third-order valence-electron chi connectivity index (χ3n) is 4.57. The van der Waals surface area contributed by atoms with Gasteiger partial charge in [-0.2, -0.15) is 0 Å². The summed E-state index contributed by atoms with van der Waals surface area (Å²) in [6, 6.07) is 12.7. The molecule has 2 aromatic rings. The fourth-order valence-corrected chi connectivity index (χ4v) is 3.56. The van der Waals surface area contributed by atoms with Gasteiger partial charge in [0, 0.05) is 30.6 Å². The number of hydrogen-bond acceptors (Lipinski definition) is 5. The number of likely N-dealkylation sites (tertiary alicyclic amines) is 1. The second-order valence-electron chi connectivity index (χ2n) is 6.39. The lowest BCUT2D eigenvalue weighted by Crippen LogP contribution is -2.48. The lowest BCUT2D eigenvalue weighted by Gasteiger charge is -2.36. The molecule has 1 aliphatic rings. The number of methoxy groups -OCH3 is 1. The van der Waals surface area contributed by atoms with Gasteiger partial charge in [0.2, 0.25) is 0 Å². The number of rotatable bonds is 6. The van der Waals surface area contributed by atoms with E-state index < -0.39 is 6.10 Å². The number of β-amino-alcohol motifs (C(OH)–C–C–N with tert-alkyl or cyclic N) is 1. The lowest BCUT2D eigenvalue weighted by molar-refractivity contribution is -0.0283. The van der Waals surface area contributed by atoms with Crippen LogP contribution in [0.5, 0.6) is 11.5 Å². The number of nitrogens with zero attached hydrogens (tertiary/aromatic N) is 1. The molecular weight excluding hydrogens is 353 g/mol. The molecule has 6 heteroatoms. The highest BCUT2D eigenvalue weighted by Gasteiger charge is 2.30. The van der Waals surface area contributed by atoms with Crippen LogP contribution in [0, 0.1) is 5.82 Å². The highest BCUT2D eigenvalue weighted by molar-refractivity contribution is 7.98. The zero-order valence-corrected chi connectivity index (χ0v) is 15.8. The zero-order valence-electron chi connectivity index (χ0n) is 15.0. The van der Waals surface area contributed by atoms with Gasteiger partial charge in [0.25, 0.3) is 0 Å². The summed E-state index contributed by atoms with van der Waals surface area (Å²) in [6.07, 6.45) is 1.82. The van der Waals surface area contributed by atoms with E-state index in [2.05, 4.69) is 35.4 Å². The first-order chi connectivity index (χ1) is 12.6. The summed E-state index contributed by atoms with van der Waals surface area (Å²) >= 11 is 1.73. The summed E-state index contributed by atoms with van der Waals surface area (Å²) < 4.78 is 24.4. The SMILES string of the molecule is COc1cc(F)ccc1O[C@@H]1CCN(Cc2ccc(SC)cc2)C[C@H]1O. The van der Waals surface area contributed by atoms with Crippen molar-refractivity contribution in [2.75, 3.05) is 26.5 Å². The van der Waals surface area contributed by atoms with Crippen molar-refractivity contribution in [3.63, 3.8) is 0 Å². The van der Waals surface area contributed by atoms with Crippen LogP contribution in [0.2, 0.25) is 0 Å². The summed E-state index contributed by atoms with van der Waals surface area (Å²) in [5.41, 5.74) is 1.23. The molecule has 4 nitrogen and oxygen atoms in total. The van der Waals surface area contributed by atoms with E-state index in [0.29, 0.717) is 24.5 Å². The summed E-state index contributed by atoms with van der Waals surface area (Å²) in [7, 11) is 1.48. The van der Waals surface area contributed by atoms with Gasteiger partial charge in [-0.25, -0.2) is 4.39 Å². The second kappa shape index (κ2) is 8.75. The maximum Gasteiger partial charge on any atom is 0.163 e. The first-order valence-corrected chi connectivity index (χ1v) is 9.85. The number of hydrogen-bond donors (Lipinski definition) is 1. The maximum absolute atomic E-state index is 13.3. The van der Waals surface area contributed by atoms with Crippen molar-refractivity contribution >= 4 is 11.8 Å². The molecule has 1 fully saturated rings. The minimum absolute atomic E-state index is 0.329. The van der Waals surface area contributed by atoms with E-state index in [-0.39, 0.29) is 11.9 Å². The van der Waals surface area contributed by atoms with Crippen molar-refractivity contribution in [3.8, 4) is 11.5 Å². The molecule has 0 aliphatic carbocycles. The third kappa shape index (κ3) is 4.69. The van der Waals surface area contributed by atoms with Crippen LogP contribution in [0.25, 0.3) is 0 Å². The zero-order chi connectivity index (χ0) is 18.5. The maximum atomic E-state index is 13.3. The molecule has 1 aliphatic heterocycles. The minimum Gasteiger partial charge on any atom is -0.493 e. The molecule has 0 saturated carbocycles. The Labute approximate surface area is 157 Å². The highest BCUT2D eigenvalue weighted by Crippen LogP contribution is 2.30. The summed E-state index contributed by atoms with van der Waals surface area (Å²) in [5, 5.41) is 10.5. The number of halogens is 1. The molecule has 1 saturated heterocycles. The van der Waals surface area contributed by atoms with Gasteiger partial charge in [0.15, 0.2) is 11.5 Å². The first kappa shape index (κ1) is 19.0. The van der Waals surface area contributed by atoms with Gasteiger partial charge >= 0.3 is 0 Å². The molecule has 1 N–H and O–H groups in total. The predicted octanol–water partition coefficient (Wildman–Crippen LogP) is 3.57. The van der Waals surface area contributed by atoms with E-state index in [9.17, 15) is 9.50 Å². The predicted molar refractivity (Wildman–Crippen MR) is 101 cm³/mol. The number of ether oxygens (including phenoxy) is 2. The van der Waals surface area contributed by atoms with Crippen LogP contribution in [0.3, 0.4) is 0 Å². The van der Waals surface area contributed by atoms with Gasteiger partial charge in [-0.05, 0) is 42.5 Å². The van der Waals surface area contributed by atoms with Crippen LogP contribution in [-0.2, 0) is 6.54 Å². The Bertz CT molecular complexity index is 725. The Morgan fingerprint density at radius 3 is 2.62 bits per heavy atom. The third-order valence-corrected chi connectivity index (χ3v) is 5.32. The number of aliphatic hydroxyl groups excluding tert-OH is 1.